The number of carbonyl (C=O) groups excluding carboxylic acids is 3. The van der Waals surface area contributed by atoms with Crippen LogP contribution in [-0.2, 0) is 0 Å². The highest BCUT2D eigenvalue weighted by Gasteiger charge is 2.37. The third-order valence-electron chi connectivity index (χ3n) is 3.44. The Balaban J connectivity index is 1.89. The molecule has 2 aromatic rings. The summed E-state index contributed by atoms with van der Waals surface area (Å²) in [7, 11) is 0. The van der Waals surface area contributed by atoms with E-state index < -0.39 is 5.91 Å². The van der Waals surface area contributed by atoms with Crippen molar-refractivity contribution in [2.24, 2.45) is 0 Å². The molecule has 1 aliphatic rings. The van der Waals surface area contributed by atoms with Crippen LogP contribution in [0.1, 0.15) is 50.7 Å². The molecule has 0 radical (unpaired) electrons. The SMILES string of the molecule is Cc1nsc(NC(=O)c2ccc3c(c2)C(=O)N(C(C)C)C3=O)n1. The molecule has 1 N–H and O–H groups in total. The van der Waals surface area contributed by atoms with Gasteiger partial charge in [-0.05, 0) is 39.0 Å². The van der Waals surface area contributed by atoms with Crippen LogP contribution in [0.15, 0.2) is 18.2 Å². The smallest absolute Gasteiger partial charge is 0.261 e. The van der Waals surface area contributed by atoms with Gasteiger partial charge in [0.2, 0.25) is 5.13 Å². The summed E-state index contributed by atoms with van der Waals surface area (Å²) in [5.41, 5.74) is 0.875. The Morgan fingerprint density at radius 1 is 1.22 bits per heavy atom. The van der Waals surface area contributed by atoms with E-state index >= 15 is 0 Å². The average Bonchev–Trinajstić information content (AvgIpc) is 3.01. The second-order valence-corrected chi connectivity index (χ2v) is 6.19. The molecular weight excluding hydrogens is 316 g/mol. The van der Waals surface area contributed by atoms with E-state index in [1.807, 2.05) is 0 Å². The average molecular weight is 330 g/mol. The molecule has 0 aliphatic carbocycles. The van der Waals surface area contributed by atoms with Crippen molar-refractivity contribution in [3.8, 4) is 0 Å². The van der Waals surface area contributed by atoms with Crippen LogP contribution in [0.5, 0.6) is 0 Å². The molecule has 0 atom stereocenters. The predicted molar refractivity (Wildman–Crippen MR) is 84.7 cm³/mol. The number of aryl methyl sites for hydroxylation is 1. The number of nitrogens with zero attached hydrogens (tertiary/aromatic N) is 3. The van der Waals surface area contributed by atoms with E-state index in [9.17, 15) is 14.4 Å². The minimum absolute atomic E-state index is 0.232. The van der Waals surface area contributed by atoms with Crippen LogP contribution in [0.2, 0.25) is 0 Å². The number of rotatable bonds is 3. The van der Waals surface area contributed by atoms with Gasteiger partial charge < -0.3 is 0 Å². The molecule has 118 valence electrons. The van der Waals surface area contributed by atoms with Gasteiger partial charge in [-0.25, -0.2) is 4.98 Å². The van der Waals surface area contributed by atoms with Crippen LogP contribution in [-0.4, -0.2) is 38.0 Å². The van der Waals surface area contributed by atoms with Crippen LogP contribution in [0.4, 0.5) is 5.13 Å². The molecule has 0 fully saturated rings. The standard InChI is InChI=1S/C15H14N4O3S/c1-7(2)19-13(21)10-5-4-9(6-11(10)14(19)22)12(20)17-15-16-8(3)18-23-15/h4-7H,1-3H3,(H,16,17,18,20). The lowest BCUT2D eigenvalue weighted by molar-refractivity contribution is 0.0609. The molecular formula is C15H14N4O3S. The highest BCUT2D eigenvalue weighted by molar-refractivity contribution is 7.09. The van der Waals surface area contributed by atoms with Crippen molar-refractivity contribution in [3.05, 3.63) is 40.7 Å². The molecule has 23 heavy (non-hydrogen) atoms. The summed E-state index contributed by atoms with van der Waals surface area (Å²) < 4.78 is 3.98. The summed E-state index contributed by atoms with van der Waals surface area (Å²) in [4.78, 5) is 42.0. The Kier molecular flexibility index (Phi) is 3.69. The lowest BCUT2D eigenvalue weighted by atomic mass is 10.1. The molecule has 7 nitrogen and oxygen atoms in total. The van der Waals surface area contributed by atoms with Crippen molar-refractivity contribution < 1.29 is 14.4 Å². The van der Waals surface area contributed by atoms with Gasteiger partial charge in [0, 0.05) is 23.1 Å². The van der Waals surface area contributed by atoms with E-state index in [4.69, 9.17) is 0 Å². The van der Waals surface area contributed by atoms with E-state index in [0.717, 1.165) is 11.5 Å². The molecule has 0 unspecified atom stereocenters. The quantitative estimate of drug-likeness (QED) is 0.870. The van der Waals surface area contributed by atoms with Gasteiger partial charge in [0.05, 0.1) is 11.1 Å². The topological polar surface area (TPSA) is 92.3 Å². The number of hydrogen-bond donors (Lipinski definition) is 1. The third kappa shape index (κ3) is 2.61. The Morgan fingerprint density at radius 2 is 1.91 bits per heavy atom. The van der Waals surface area contributed by atoms with Gasteiger partial charge >= 0.3 is 0 Å². The highest BCUT2D eigenvalue weighted by Crippen LogP contribution is 2.26. The second kappa shape index (κ2) is 5.54. The van der Waals surface area contributed by atoms with Crippen molar-refractivity contribution in [1.29, 1.82) is 0 Å². The molecule has 0 saturated carbocycles. The molecule has 3 amide bonds. The summed E-state index contributed by atoms with van der Waals surface area (Å²) in [5.74, 6) is -0.520. The Labute approximate surface area is 136 Å². The maximum Gasteiger partial charge on any atom is 0.261 e. The van der Waals surface area contributed by atoms with Crippen LogP contribution in [0.3, 0.4) is 0 Å². The fourth-order valence-electron chi connectivity index (χ4n) is 2.39. The number of anilines is 1. The lowest BCUT2D eigenvalue weighted by Crippen LogP contribution is -2.35. The molecule has 0 bridgehead atoms. The highest BCUT2D eigenvalue weighted by atomic mass is 32.1. The minimum atomic E-state index is -0.396. The van der Waals surface area contributed by atoms with Crippen LogP contribution in [0.25, 0.3) is 0 Å². The number of hydrogen-bond acceptors (Lipinski definition) is 6. The second-order valence-electron chi connectivity index (χ2n) is 5.44. The molecule has 1 aromatic heterocycles. The first-order chi connectivity index (χ1) is 10.9. The number of nitrogens with one attached hydrogen (secondary N) is 1. The fraction of sp³-hybridized carbons (Fsp3) is 0.267. The van der Waals surface area contributed by atoms with E-state index in [1.165, 1.54) is 23.1 Å². The van der Waals surface area contributed by atoms with Gasteiger partial charge in [-0.2, -0.15) is 4.37 Å². The summed E-state index contributed by atoms with van der Waals surface area (Å²) in [6.07, 6.45) is 0. The van der Waals surface area contributed by atoms with E-state index in [-0.39, 0.29) is 23.4 Å². The van der Waals surface area contributed by atoms with Gasteiger partial charge in [-0.15, -0.1) is 0 Å². The van der Waals surface area contributed by atoms with Crippen LogP contribution >= 0.6 is 11.5 Å². The van der Waals surface area contributed by atoms with Gasteiger partial charge in [-0.3, -0.25) is 24.6 Å². The number of benzene rings is 1. The maximum absolute atomic E-state index is 12.3. The molecule has 0 spiro atoms. The Morgan fingerprint density at radius 3 is 2.52 bits per heavy atom. The summed E-state index contributed by atoms with van der Waals surface area (Å²) in [6, 6.07) is 4.25. The number of imide groups is 1. The molecule has 1 aliphatic heterocycles. The van der Waals surface area contributed by atoms with Crippen molar-refractivity contribution in [2.45, 2.75) is 26.8 Å². The van der Waals surface area contributed by atoms with Crippen molar-refractivity contribution >= 4 is 34.4 Å². The summed E-state index contributed by atoms with van der Waals surface area (Å²) in [6.45, 7) is 5.27. The Bertz CT molecular complexity index is 828. The monoisotopic (exact) mass is 330 g/mol. The number of carbonyl (C=O) groups is 3. The fourth-order valence-corrected chi connectivity index (χ4v) is 2.96. The molecule has 3 rings (SSSR count). The lowest BCUT2D eigenvalue weighted by Gasteiger charge is -2.17. The zero-order chi connectivity index (χ0) is 16.7. The molecule has 0 saturated heterocycles. The van der Waals surface area contributed by atoms with Crippen molar-refractivity contribution in [3.63, 3.8) is 0 Å². The Hall–Kier alpha value is -2.61. The number of fused-ring (bicyclic) bond motifs is 1. The van der Waals surface area contributed by atoms with Gasteiger partial charge in [-0.1, -0.05) is 0 Å². The molecule has 1 aromatic carbocycles. The molecule has 8 heteroatoms. The normalized spacial score (nSPS) is 13.7. The first-order valence-corrected chi connectivity index (χ1v) is 7.79. The van der Waals surface area contributed by atoms with E-state index in [1.54, 1.807) is 20.8 Å². The summed E-state index contributed by atoms with van der Waals surface area (Å²) >= 11 is 1.08. The van der Waals surface area contributed by atoms with Crippen LogP contribution in [0, 0.1) is 6.92 Å². The van der Waals surface area contributed by atoms with E-state index in [2.05, 4.69) is 14.7 Å². The predicted octanol–water partition coefficient (Wildman–Crippen LogP) is 2.10. The third-order valence-corrected chi connectivity index (χ3v) is 4.17. The first kappa shape index (κ1) is 15.3. The van der Waals surface area contributed by atoms with Gasteiger partial charge in [0.15, 0.2) is 0 Å². The molecule has 2 heterocycles. The number of aromatic nitrogens is 2. The van der Waals surface area contributed by atoms with Gasteiger partial charge in [0.25, 0.3) is 17.7 Å². The van der Waals surface area contributed by atoms with Crippen molar-refractivity contribution in [2.75, 3.05) is 5.32 Å². The maximum atomic E-state index is 12.3. The zero-order valence-electron chi connectivity index (χ0n) is 12.8. The largest absolute Gasteiger partial charge is 0.297 e. The first-order valence-electron chi connectivity index (χ1n) is 7.02. The van der Waals surface area contributed by atoms with Crippen LogP contribution < -0.4 is 5.32 Å². The minimum Gasteiger partial charge on any atom is -0.297 e. The summed E-state index contributed by atoms with van der Waals surface area (Å²) in [5, 5.41) is 3.01. The van der Waals surface area contributed by atoms with Gasteiger partial charge in [0.1, 0.15) is 5.82 Å². The number of amides is 3. The van der Waals surface area contributed by atoms with E-state index in [0.29, 0.717) is 22.1 Å². The zero-order valence-corrected chi connectivity index (χ0v) is 13.6. The van der Waals surface area contributed by atoms with Crippen molar-refractivity contribution in [1.82, 2.24) is 14.3 Å².